The Balaban J connectivity index is 1.96. The summed E-state index contributed by atoms with van der Waals surface area (Å²) in [6.07, 6.45) is 9.14. The fourth-order valence-electron chi connectivity index (χ4n) is 3.26. The third kappa shape index (κ3) is 3.58. The van der Waals surface area contributed by atoms with Crippen molar-refractivity contribution in [2.45, 2.75) is 39.2 Å². The number of benzene rings is 1. The van der Waals surface area contributed by atoms with Crippen molar-refractivity contribution in [1.82, 2.24) is 0 Å². The van der Waals surface area contributed by atoms with Gasteiger partial charge in [-0.3, -0.25) is 4.79 Å². The van der Waals surface area contributed by atoms with E-state index in [4.69, 9.17) is 4.74 Å². The van der Waals surface area contributed by atoms with Gasteiger partial charge in [0.05, 0.1) is 11.7 Å². The van der Waals surface area contributed by atoms with Gasteiger partial charge in [-0.05, 0) is 67.9 Å². The lowest BCUT2D eigenvalue weighted by Crippen LogP contribution is -2.18. The lowest BCUT2D eigenvalue weighted by Gasteiger charge is -2.16. The van der Waals surface area contributed by atoms with Gasteiger partial charge in [-0.1, -0.05) is 18.2 Å². The third-order valence-electron chi connectivity index (χ3n) is 4.81. The van der Waals surface area contributed by atoms with Crippen molar-refractivity contribution in [2.24, 2.45) is 11.8 Å². The summed E-state index contributed by atoms with van der Waals surface area (Å²) in [5, 5.41) is 9.92. The van der Waals surface area contributed by atoms with Gasteiger partial charge in [0.2, 0.25) is 0 Å². The van der Waals surface area contributed by atoms with Gasteiger partial charge >= 0.3 is 5.97 Å². The van der Waals surface area contributed by atoms with Gasteiger partial charge in [-0.2, -0.15) is 0 Å². The molecule has 3 atom stereocenters. The standard InChI is InChI=1S/C20H22O4/c1-12-9-15-10-14(15)5-3-4-6-16(21)11-18-13(2)19(22)8-7-17(18)20(23)24-12/h3-8,12,14-15,22H,9-11H2,1-2H3/b5-3-,6-4+. The van der Waals surface area contributed by atoms with Crippen LogP contribution < -0.4 is 0 Å². The molecular formula is C20H22O4. The molecule has 4 nitrogen and oxygen atoms in total. The van der Waals surface area contributed by atoms with Crippen molar-refractivity contribution in [3.8, 4) is 5.75 Å². The number of rotatable bonds is 0. The maximum Gasteiger partial charge on any atom is 0.338 e. The van der Waals surface area contributed by atoms with Crippen molar-refractivity contribution in [2.75, 3.05) is 0 Å². The van der Waals surface area contributed by atoms with Crippen LogP contribution in [0.1, 0.15) is 41.3 Å². The van der Waals surface area contributed by atoms with Crippen LogP contribution in [0.25, 0.3) is 0 Å². The molecule has 0 spiro atoms. The summed E-state index contributed by atoms with van der Waals surface area (Å²) in [7, 11) is 0. The van der Waals surface area contributed by atoms with E-state index in [-0.39, 0.29) is 24.1 Å². The van der Waals surface area contributed by atoms with Crippen LogP contribution in [0.15, 0.2) is 36.4 Å². The van der Waals surface area contributed by atoms with E-state index in [1.165, 1.54) is 18.2 Å². The van der Waals surface area contributed by atoms with E-state index in [9.17, 15) is 14.7 Å². The van der Waals surface area contributed by atoms with Gasteiger partial charge in [-0.15, -0.1) is 0 Å². The summed E-state index contributed by atoms with van der Waals surface area (Å²) in [6.45, 7) is 3.61. The Morgan fingerprint density at radius 1 is 1.17 bits per heavy atom. The van der Waals surface area contributed by atoms with Crippen LogP contribution in [-0.4, -0.2) is 23.0 Å². The number of phenolic OH excluding ortho intramolecular Hbond substituents is 1. The molecule has 0 saturated heterocycles. The molecule has 126 valence electrons. The molecule has 3 rings (SSSR count). The molecular weight excluding hydrogens is 304 g/mol. The minimum atomic E-state index is -0.429. The molecule has 1 aromatic carbocycles. The molecule has 1 heterocycles. The zero-order valence-electron chi connectivity index (χ0n) is 14.0. The SMILES string of the molecule is Cc1c(O)ccc2c1CC(=O)/C=C/C=C\C1CC1CC(C)OC2=O. The number of carbonyl (C=O) groups is 2. The van der Waals surface area contributed by atoms with Crippen molar-refractivity contribution in [1.29, 1.82) is 0 Å². The maximum absolute atomic E-state index is 12.5. The quantitative estimate of drug-likeness (QED) is 0.741. The maximum atomic E-state index is 12.5. The number of carbonyl (C=O) groups excluding carboxylic acids is 2. The normalized spacial score (nSPS) is 29.7. The number of esters is 1. The van der Waals surface area contributed by atoms with Crippen molar-refractivity contribution >= 4 is 11.8 Å². The van der Waals surface area contributed by atoms with Crippen molar-refractivity contribution < 1.29 is 19.4 Å². The number of cyclic esters (lactones) is 1. The molecule has 1 aliphatic heterocycles. The average Bonchev–Trinajstić information content (AvgIpc) is 3.25. The Morgan fingerprint density at radius 2 is 1.96 bits per heavy atom. The van der Waals surface area contributed by atoms with Crippen LogP contribution in [0.3, 0.4) is 0 Å². The Labute approximate surface area is 141 Å². The lowest BCUT2D eigenvalue weighted by molar-refractivity contribution is -0.114. The molecule has 2 aliphatic rings. The molecule has 1 aromatic rings. The topological polar surface area (TPSA) is 63.6 Å². The predicted octanol–water partition coefficient (Wildman–Crippen LogP) is 3.51. The smallest absolute Gasteiger partial charge is 0.338 e. The molecule has 1 aliphatic carbocycles. The van der Waals surface area contributed by atoms with Crippen LogP contribution in [0.4, 0.5) is 0 Å². The Morgan fingerprint density at radius 3 is 2.75 bits per heavy atom. The van der Waals surface area contributed by atoms with Crippen LogP contribution in [-0.2, 0) is 16.0 Å². The number of hydrogen-bond acceptors (Lipinski definition) is 4. The van der Waals surface area contributed by atoms with Crippen LogP contribution in [0.2, 0.25) is 0 Å². The predicted molar refractivity (Wildman–Crippen MR) is 90.9 cm³/mol. The van der Waals surface area contributed by atoms with E-state index in [0.717, 1.165) is 12.8 Å². The second-order valence-corrected chi connectivity index (χ2v) is 6.73. The molecule has 4 heteroatoms. The van der Waals surface area contributed by atoms with E-state index < -0.39 is 5.97 Å². The first-order valence-corrected chi connectivity index (χ1v) is 8.36. The van der Waals surface area contributed by atoms with Crippen LogP contribution in [0.5, 0.6) is 5.75 Å². The Kier molecular flexibility index (Phi) is 4.56. The molecule has 3 unspecified atom stereocenters. The summed E-state index contributed by atoms with van der Waals surface area (Å²) >= 11 is 0. The molecule has 0 bridgehead atoms. The first kappa shape index (κ1) is 16.5. The first-order chi connectivity index (χ1) is 11.5. The van der Waals surface area contributed by atoms with E-state index in [0.29, 0.717) is 28.5 Å². The van der Waals surface area contributed by atoms with E-state index >= 15 is 0 Å². The Bertz CT molecular complexity index is 729. The van der Waals surface area contributed by atoms with Gasteiger partial charge < -0.3 is 9.84 Å². The highest BCUT2D eigenvalue weighted by Gasteiger charge is 2.36. The Hall–Kier alpha value is -2.36. The molecule has 0 amide bonds. The van der Waals surface area contributed by atoms with Crippen LogP contribution >= 0.6 is 0 Å². The number of fused-ring (bicyclic) bond motifs is 2. The monoisotopic (exact) mass is 326 g/mol. The largest absolute Gasteiger partial charge is 0.508 e. The molecule has 24 heavy (non-hydrogen) atoms. The van der Waals surface area contributed by atoms with Gasteiger partial charge in [-0.25, -0.2) is 4.79 Å². The average molecular weight is 326 g/mol. The fourth-order valence-corrected chi connectivity index (χ4v) is 3.26. The van der Waals surface area contributed by atoms with Gasteiger partial charge in [0.1, 0.15) is 5.75 Å². The molecule has 1 saturated carbocycles. The first-order valence-electron chi connectivity index (χ1n) is 8.36. The minimum Gasteiger partial charge on any atom is -0.508 e. The van der Waals surface area contributed by atoms with Gasteiger partial charge in [0.25, 0.3) is 0 Å². The van der Waals surface area contributed by atoms with E-state index in [1.807, 2.05) is 13.0 Å². The summed E-state index contributed by atoms with van der Waals surface area (Å²) in [5.74, 6) is 0.590. The summed E-state index contributed by atoms with van der Waals surface area (Å²) < 4.78 is 5.57. The molecule has 0 radical (unpaired) electrons. The molecule has 1 fully saturated rings. The number of allylic oxidation sites excluding steroid dienone is 4. The van der Waals surface area contributed by atoms with Crippen molar-refractivity contribution in [3.05, 3.63) is 53.1 Å². The van der Waals surface area contributed by atoms with Gasteiger partial charge in [0.15, 0.2) is 5.78 Å². The van der Waals surface area contributed by atoms with Gasteiger partial charge in [0, 0.05) is 6.42 Å². The zero-order valence-corrected chi connectivity index (χ0v) is 14.0. The lowest BCUT2D eigenvalue weighted by atomic mass is 9.96. The summed E-state index contributed by atoms with van der Waals surface area (Å²) in [4.78, 5) is 24.7. The highest BCUT2D eigenvalue weighted by atomic mass is 16.5. The van der Waals surface area contributed by atoms with E-state index in [2.05, 4.69) is 6.08 Å². The highest BCUT2D eigenvalue weighted by Crippen LogP contribution is 2.43. The second kappa shape index (κ2) is 6.63. The summed E-state index contributed by atoms with van der Waals surface area (Å²) in [6, 6.07) is 3.01. The summed E-state index contributed by atoms with van der Waals surface area (Å²) in [5.41, 5.74) is 1.44. The minimum absolute atomic E-state index is 0.0649. The van der Waals surface area contributed by atoms with Crippen molar-refractivity contribution in [3.63, 3.8) is 0 Å². The number of ketones is 1. The molecule has 0 aromatic heterocycles. The fraction of sp³-hybridized carbons (Fsp3) is 0.400. The van der Waals surface area contributed by atoms with Crippen LogP contribution in [0, 0.1) is 18.8 Å². The zero-order chi connectivity index (χ0) is 17.3. The number of aromatic hydroxyl groups is 1. The number of ether oxygens (including phenoxy) is 1. The highest BCUT2D eigenvalue weighted by molar-refractivity contribution is 5.97. The molecule has 1 N–H and O–H groups in total. The number of hydrogen-bond donors (Lipinski definition) is 1. The second-order valence-electron chi connectivity index (χ2n) is 6.73. The number of phenols is 1. The van der Waals surface area contributed by atoms with E-state index in [1.54, 1.807) is 13.0 Å². The third-order valence-corrected chi connectivity index (χ3v) is 4.81.